The van der Waals surface area contributed by atoms with Gasteiger partial charge >= 0.3 is 23.9 Å². The Kier molecular flexibility index (Phi) is 35.1. The zero-order valence-corrected chi connectivity index (χ0v) is 54.1. The highest BCUT2D eigenvalue weighted by atomic mass is 16.6. The smallest absolute Gasteiger partial charge is 0.308 e. The number of esters is 4. The van der Waals surface area contributed by atoms with Gasteiger partial charge in [-0.25, -0.2) is 0 Å². The number of ether oxygens (including phenoxy) is 9. The number of carbonyl (C=O) groups is 11. The quantitative estimate of drug-likeness (QED) is 0.0147. The second kappa shape index (κ2) is 38.9. The predicted molar refractivity (Wildman–Crippen MR) is 313 cm³/mol. The molecule has 1 aliphatic heterocycles. The van der Waals surface area contributed by atoms with Gasteiger partial charge in [-0.2, -0.15) is 0 Å². The number of carbonyl (C=O) groups excluding carboxylic acids is 11. The van der Waals surface area contributed by atoms with E-state index in [0.717, 1.165) is 0 Å². The molecule has 5 unspecified atom stereocenters. The highest BCUT2D eigenvalue weighted by Crippen LogP contribution is 2.23. The summed E-state index contributed by atoms with van der Waals surface area (Å²) in [6.07, 6.45) is -12.4. The van der Waals surface area contributed by atoms with E-state index in [9.17, 15) is 68.1 Å². The van der Waals surface area contributed by atoms with E-state index >= 15 is 0 Å². The molecular formula is C57H98N9O23-. The number of rotatable bonds is 38. The molecule has 0 aromatic heterocycles. The van der Waals surface area contributed by atoms with Gasteiger partial charge in [0.05, 0.1) is 78.7 Å². The molecule has 0 bridgehead atoms. The molecule has 0 aliphatic carbocycles. The summed E-state index contributed by atoms with van der Waals surface area (Å²) in [6.45, 7) is 24.2. The van der Waals surface area contributed by atoms with Crippen molar-refractivity contribution in [2.24, 2.45) is 11.0 Å². The van der Waals surface area contributed by atoms with Crippen LogP contribution in [-0.4, -0.2) is 236 Å². The third-order valence-electron chi connectivity index (χ3n) is 11.8. The van der Waals surface area contributed by atoms with Crippen molar-refractivity contribution in [3.05, 3.63) is 5.53 Å². The van der Waals surface area contributed by atoms with Gasteiger partial charge in [0, 0.05) is 19.5 Å². The lowest BCUT2D eigenvalue weighted by Crippen LogP contribution is -2.65. The molecular weight excluding hydrogens is 1180 g/mol. The van der Waals surface area contributed by atoms with Gasteiger partial charge in [-0.05, 0) is 102 Å². The van der Waals surface area contributed by atoms with Crippen LogP contribution >= 0.6 is 0 Å². The van der Waals surface area contributed by atoms with Crippen LogP contribution in [0.15, 0.2) is 5.11 Å². The van der Waals surface area contributed by atoms with Crippen molar-refractivity contribution in [1.82, 2.24) is 37.2 Å². The van der Waals surface area contributed by atoms with Crippen LogP contribution < -0.4 is 37.2 Å². The van der Waals surface area contributed by atoms with Crippen LogP contribution in [0.3, 0.4) is 0 Å². The van der Waals surface area contributed by atoms with E-state index in [-0.39, 0.29) is 65.2 Å². The molecule has 7 amide bonds. The molecule has 0 spiro atoms. The number of hydrogen-bond donors (Lipinski definition) is 10. The van der Waals surface area contributed by atoms with Gasteiger partial charge in [0.25, 0.3) is 5.91 Å². The summed E-state index contributed by atoms with van der Waals surface area (Å²) < 4.78 is 48.8. The topological polar surface area (TPSA) is 450 Å². The molecule has 1 heterocycles. The fraction of sp³-hybridized carbons (Fsp3) is 0.807. The third-order valence-corrected chi connectivity index (χ3v) is 11.8. The minimum Gasteiger partial charge on any atom is -0.711 e. The lowest BCUT2D eigenvalue weighted by Gasteiger charge is -2.40. The maximum absolute atomic E-state index is 14.4. The highest BCUT2D eigenvalue weighted by Gasteiger charge is 2.48. The van der Waals surface area contributed by atoms with Gasteiger partial charge in [-0.15, -0.1) is 0 Å². The first-order valence-electron chi connectivity index (χ1n) is 29.4. The Morgan fingerprint density at radius 3 is 1.39 bits per heavy atom. The summed E-state index contributed by atoms with van der Waals surface area (Å²) in [5, 5.41) is 51.7. The van der Waals surface area contributed by atoms with Gasteiger partial charge in [0.2, 0.25) is 35.4 Å². The fourth-order valence-corrected chi connectivity index (χ4v) is 7.78. The van der Waals surface area contributed by atoms with E-state index in [0.29, 0.717) is 6.61 Å². The predicted octanol–water partition coefficient (Wildman–Crippen LogP) is -1.43. The van der Waals surface area contributed by atoms with Crippen molar-refractivity contribution in [1.29, 1.82) is 0 Å². The molecule has 510 valence electrons. The number of nitrogens with one attached hydrogen (secondary N) is 7. The first-order valence-corrected chi connectivity index (χ1v) is 29.4. The Labute approximate surface area is 519 Å². The summed E-state index contributed by atoms with van der Waals surface area (Å²) in [5.41, 5.74) is 4.98. The zero-order chi connectivity index (χ0) is 68.0. The van der Waals surface area contributed by atoms with Crippen LogP contribution in [0, 0.1) is 5.92 Å². The molecule has 0 radical (unpaired) electrons. The molecule has 1 rings (SSSR count). The Hall–Kier alpha value is -6.55. The number of hydrogen-bond acceptors (Lipinski definition) is 24. The summed E-state index contributed by atoms with van der Waals surface area (Å²) >= 11 is 0. The Balaban J connectivity index is 3.27. The average Bonchev–Trinajstić information content (AvgIpc) is 3.42. The molecule has 89 heavy (non-hydrogen) atoms. The Morgan fingerprint density at radius 1 is 0.483 bits per heavy atom. The van der Waals surface area contributed by atoms with Crippen LogP contribution in [0.25, 0.3) is 5.53 Å². The van der Waals surface area contributed by atoms with E-state index in [2.05, 4.69) is 42.3 Å². The largest absolute Gasteiger partial charge is 0.711 e. The summed E-state index contributed by atoms with van der Waals surface area (Å²) in [4.78, 5) is 147. The minimum atomic E-state index is -2.16. The maximum atomic E-state index is 14.4. The van der Waals surface area contributed by atoms with Gasteiger partial charge in [-0.1, -0.05) is 13.8 Å². The second-order valence-corrected chi connectivity index (χ2v) is 25.1. The summed E-state index contributed by atoms with van der Waals surface area (Å²) in [6, 6.07) is -8.26. The third kappa shape index (κ3) is 35.4. The monoisotopic (exact) mass is 1280 g/mol. The molecule has 1 saturated heterocycles. The van der Waals surface area contributed by atoms with Gasteiger partial charge < -0.3 is 106 Å². The first-order chi connectivity index (χ1) is 41.1. The molecule has 0 aromatic rings. The molecule has 10 atom stereocenters. The van der Waals surface area contributed by atoms with Crippen molar-refractivity contribution >= 4 is 65.2 Å². The molecule has 10 N–H and O–H groups in total. The maximum Gasteiger partial charge on any atom is 0.308 e. The first kappa shape index (κ1) is 80.5. The zero-order valence-electron chi connectivity index (χ0n) is 54.1. The van der Waals surface area contributed by atoms with Crippen molar-refractivity contribution < 1.29 is 111 Å². The standard InChI is InChI=1S/C57H98N9O23/c1-32(2)43(52(79)64-35(28-41(70)88-56(10,11)12)50(77)62-33(3)48(75)59-19-21-82-23-25-84-27-26-83-24-22-81-20-18-40(69)87-55(7,8)9)66-49(76)34(16-17-39(68)86-54(4,5)6)63-51(78)36(29-42(71)89-57(13,14)15)65-53(80)47-46(74)45(73)44(72)37(85-47)30-60-38(67)31-61-58/h32-37,43-47,72-74H,16-31H2,1-15H3,(H,59,75)(H,60,67)(H,62,77)(H,63,78)(H,64,79)(H,65,80)(H,66,76)/q-1/t33-,34-,35-,36-,37?,43-,44?,45?,46?,47?/m0/s1. The summed E-state index contributed by atoms with van der Waals surface area (Å²) in [7, 11) is 0. The van der Waals surface area contributed by atoms with Gasteiger partial charge in [0.15, 0.2) is 6.10 Å². The van der Waals surface area contributed by atoms with Crippen molar-refractivity contribution in [3.8, 4) is 0 Å². The lowest BCUT2D eigenvalue weighted by atomic mass is 9.94. The molecule has 32 nitrogen and oxygen atoms in total. The SMILES string of the molecule is CC(C)[C@H](NC(=O)[C@H](CCC(=O)OC(C)(C)C)NC(=O)[C@H](CC(=O)OC(C)(C)C)NC(=O)C1OC(CNC(=O)CN=[N-])C(O)C(O)C1O)C(=O)N[C@@H](CC(=O)OC(C)(C)C)C(=O)N[C@@H](C)C(=O)NCCOCCOCCOCCOCCC(=O)OC(C)(C)C. The van der Waals surface area contributed by atoms with Gasteiger partial charge in [-0.3, -0.25) is 52.7 Å². The molecule has 1 aliphatic rings. The number of aliphatic hydroxyl groups excluding tert-OH is 3. The number of amides is 7. The Morgan fingerprint density at radius 2 is 0.910 bits per heavy atom. The molecule has 0 saturated carbocycles. The van der Waals surface area contributed by atoms with Crippen LogP contribution in [0.5, 0.6) is 0 Å². The molecule has 0 aromatic carbocycles. The lowest BCUT2D eigenvalue weighted by molar-refractivity contribution is -0.219. The normalized spacial score (nSPS) is 18.7. The summed E-state index contributed by atoms with van der Waals surface area (Å²) in [5.74, 6) is -11.2. The van der Waals surface area contributed by atoms with E-state index < -0.39 is 187 Å². The minimum absolute atomic E-state index is 0.0212. The second-order valence-electron chi connectivity index (χ2n) is 25.1. The van der Waals surface area contributed by atoms with E-state index in [1.54, 1.807) is 62.3 Å². The van der Waals surface area contributed by atoms with Crippen LogP contribution in [-0.2, 0) is 95.4 Å². The van der Waals surface area contributed by atoms with Crippen LogP contribution in [0.4, 0.5) is 0 Å². The fourth-order valence-electron chi connectivity index (χ4n) is 7.78. The van der Waals surface area contributed by atoms with Gasteiger partial charge in [0.1, 0.15) is 77.0 Å². The van der Waals surface area contributed by atoms with Crippen LogP contribution in [0.1, 0.15) is 136 Å². The van der Waals surface area contributed by atoms with Crippen LogP contribution in [0.2, 0.25) is 0 Å². The van der Waals surface area contributed by atoms with E-state index in [4.69, 9.17) is 48.2 Å². The van der Waals surface area contributed by atoms with Crippen molar-refractivity contribution in [2.45, 2.75) is 219 Å². The van der Waals surface area contributed by atoms with E-state index in [1.165, 1.54) is 41.5 Å². The van der Waals surface area contributed by atoms with E-state index in [1.807, 2.05) is 0 Å². The number of nitrogens with zero attached hydrogens (tertiary/aromatic N) is 2. The number of aliphatic hydroxyl groups is 3. The van der Waals surface area contributed by atoms with Crippen molar-refractivity contribution in [3.63, 3.8) is 0 Å². The highest BCUT2D eigenvalue weighted by molar-refractivity contribution is 5.98. The van der Waals surface area contributed by atoms with Crippen molar-refractivity contribution in [2.75, 3.05) is 72.5 Å². The Bertz CT molecular complexity index is 2330. The molecule has 32 heteroatoms. The average molecular weight is 1280 g/mol. The molecule has 1 fully saturated rings.